The maximum absolute atomic E-state index is 5.95. The molecule has 0 aliphatic carbocycles. The molecule has 0 bridgehead atoms. The van der Waals surface area contributed by atoms with Crippen LogP contribution >= 0.6 is 0 Å². The van der Waals surface area contributed by atoms with E-state index in [9.17, 15) is 0 Å². The molecule has 0 saturated carbocycles. The number of para-hydroxylation sites is 1. The molecule has 0 spiro atoms. The van der Waals surface area contributed by atoms with Gasteiger partial charge in [-0.3, -0.25) is 0 Å². The minimum atomic E-state index is 0.242. The van der Waals surface area contributed by atoms with Gasteiger partial charge in [-0.15, -0.1) is 5.10 Å². The highest BCUT2D eigenvalue weighted by Gasteiger charge is 2.22. The molecule has 0 saturated heterocycles. The zero-order valence-corrected chi connectivity index (χ0v) is 12.4. The Morgan fingerprint density at radius 1 is 1.35 bits per heavy atom. The van der Waals surface area contributed by atoms with Crippen molar-refractivity contribution < 1.29 is 4.74 Å². The predicted molar refractivity (Wildman–Crippen MR) is 78.4 cm³/mol. The first-order chi connectivity index (χ1) is 9.60. The van der Waals surface area contributed by atoms with Crippen LogP contribution in [0.5, 0.6) is 5.75 Å². The molecule has 0 aliphatic rings. The molecule has 6 heteroatoms. The number of rotatable bonds is 5. The average Bonchev–Trinajstić information content (AvgIpc) is 2.87. The number of hydrogen-bond donors (Lipinski definition) is 1. The Morgan fingerprint density at radius 2 is 2.10 bits per heavy atom. The van der Waals surface area contributed by atoms with Gasteiger partial charge in [-0.05, 0) is 34.9 Å². The van der Waals surface area contributed by atoms with E-state index in [-0.39, 0.29) is 6.04 Å². The minimum absolute atomic E-state index is 0.242. The molecule has 2 aromatic rings. The molecule has 0 fully saturated rings. The third-order valence-electron chi connectivity index (χ3n) is 3.49. The quantitative estimate of drug-likeness (QED) is 0.848. The third-order valence-corrected chi connectivity index (χ3v) is 3.49. The highest BCUT2D eigenvalue weighted by molar-refractivity contribution is 5.73. The Bertz CT molecular complexity index is 579. The van der Waals surface area contributed by atoms with Crippen LogP contribution in [0.1, 0.15) is 33.2 Å². The van der Waals surface area contributed by atoms with Crippen LogP contribution < -0.4 is 10.5 Å². The molecule has 1 unspecified atom stereocenters. The van der Waals surface area contributed by atoms with Gasteiger partial charge in [0.15, 0.2) is 11.6 Å². The van der Waals surface area contributed by atoms with Crippen LogP contribution in [0, 0.1) is 5.92 Å². The lowest BCUT2D eigenvalue weighted by molar-refractivity contribution is 0.333. The van der Waals surface area contributed by atoms with Crippen LogP contribution in [0.25, 0.3) is 11.4 Å². The molecule has 108 valence electrons. The fraction of sp³-hybridized carbons (Fsp3) is 0.500. The van der Waals surface area contributed by atoms with Crippen molar-refractivity contribution in [3.8, 4) is 17.1 Å². The van der Waals surface area contributed by atoms with Crippen LogP contribution in [0.15, 0.2) is 18.2 Å². The van der Waals surface area contributed by atoms with Crippen molar-refractivity contribution in [1.82, 2.24) is 20.2 Å². The van der Waals surface area contributed by atoms with Crippen LogP contribution in [0.4, 0.5) is 5.69 Å². The van der Waals surface area contributed by atoms with E-state index in [0.29, 0.717) is 23.2 Å². The molecule has 1 aromatic heterocycles. The van der Waals surface area contributed by atoms with Crippen molar-refractivity contribution in [3.05, 3.63) is 18.2 Å². The first kappa shape index (κ1) is 14.3. The standard InChI is InChI=1S/C14H21N5O/c1-5-12(9(2)3)19-14(16-17-18-19)10-7-6-8-11(15)13(10)20-4/h6-9,12H,5,15H2,1-4H3. The van der Waals surface area contributed by atoms with Gasteiger partial charge in [0.1, 0.15) is 0 Å². The van der Waals surface area contributed by atoms with E-state index in [1.165, 1.54) is 0 Å². The van der Waals surface area contributed by atoms with Gasteiger partial charge in [0.05, 0.1) is 24.4 Å². The molecule has 0 aliphatic heterocycles. The number of tetrazole rings is 1. The highest BCUT2D eigenvalue weighted by Crippen LogP contribution is 2.35. The van der Waals surface area contributed by atoms with Crippen molar-refractivity contribution in [3.63, 3.8) is 0 Å². The number of anilines is 1. The number of nitrogens with two attached hydrogens (primary N) is 1. The maximum Gasteiger partial charge on any atom is 0.186 e. The topological polar surface area (TPSA) is 78.9 Å². The number of methoxy groups -OCH3 is 1. The van der Waals surface area contributed by atoms with Crippen LogP contribution in [0.3, 0.4) is 0 Å². The summed E-state index contributed by atoms with van der Waals surface area (Å²) in [4.78, 5) is 0. The highest BCUT2D eigenvalue weighted by atomic mass is 16.5. The largest absolute Gasteiger partial charge is 0.494 e. The lowest BCUT2D eigenvalue weighted by Crippen LogP contribution is -2.17. The second-order valence-corrected chi connectivity index (χ2v) is 5.09. The van der Waals surface area contributed by atoms with E-state index in [0.717, 1.165) is 12.0 Å². The summed E-state index contributed by atoms with van der Waals surface area (Å²) in [5.41, 5.74) is 7.35. The van der Waals surface area contributed by atoms with Gasteiger partial charge in [0.2, 0.25) is 0 Å². The lowest BCUT2D eigenvalue weighted by atomic mass is 10.0. The van der Waals surface area contributed by atoms with Gasteiger partial charge in [-0.1, -0.05) is 26.8 Å². The summed E-state index contributed by atoms with van der Waals surface area (Å²) in [6, 6.07) is 5.84. The third kappa shape index (κ3) is 2.45. The fourth-order valence-corrected chi connectivity index (χ4v) is 2.48. The molecule has 1 atom stereocenters. The molecule has 6 nitrogen and oxygen atoms in total. The average molecular weight is 275 g/mol. The molecule has 2 rings (SSSR count). The fourth-order valence-electron chi connectivity index (χ4n) is 2.48. The van der Waals surface area contributed by atoms with E-state index in [4.69, 9.17) is 10.5 Å². The van der Waals surface area contributed by atoms with Crippen molar-refractivity contribution in [2.24, 2.45) is 5.92 Å². The first-order valence-corrected chi connectivity index (χ1v) is 6.80. The van der Waals surface area contributed by atoms with E-state index in [1.54, 1.807) is 13.2 Å². The summed E-state index contributed by atoms with van der Waals surface area (Å²) in [6.07, 6.45) is 0.959. The second kappa shape index (κ2) is 5.90. The van der Waals surface area contributed by atoms with E-state index >= 15 is 0 Å². The van der Waals surface area contributed by atoms with E-state index in [2.05, 4.69) is 36.3 Å². The van der Waals surface area contributed by atoms with Gasteiger partial charge in [0, 0.05) is 0 Å². The summed E-state index contributed by atoms with van der Waals surface area (Å²) in [5, 5.41) is 12.1. The van der Waals surface area contributed by atoms with Crippen LogP contribution in [-0.4, -0.2) is 27.3 Å². The minimum Gasteiger partial charge on any atom is -0.494 e. The molecular weight excluding hydrogens is 254 g/mol. The Kier molecular flexibility index (Phi) is 4.22. The van der Waals surface area contributed by atoms with Crippen LogP contribution in [-0.2, 0) is 0 Å². The summed E-state index contributed by atoms with van der Waals surface area (Å²) >= 11 is 0. The molecule has 1 aromatic carbocycles. The maximum atomic E-state index is 5.95. The molecule has 2 N–H and O–H groups in total. The number of aromatic nitrogens is 4. The summed E-state index contributed by atoms with van der Waals surface area (Å²) in [7, 11) is 1.60. The normalized spacial score (nSPS) is 12.7. The SMILES string of the molecule is CCC(C(C)C)n1nnnc1-c1cccc(N)c1OC. The monoisotopic (exact) mass is 275 g/mol. The predicted octanol–water partition coefficient (Wildman–Crippen LogP) is 2.54. The number of hydrogen-bond acceptors (Lipinski definition) is 5. The van der Waals surface area contributed by atoms with Gasteiger partial charge < -0.3 is 10.5 Å². The molecule has 1 heterocycles. The van der Waals surface area contributed by atoms with Crippen LogP contribution in [0.2, 0.25) is 0 Å². The Morgan fingerprint density at radius 3 is 2.70 bits per heavy atom. The van der Waals surface area contributed by atoms with Gasteiger partial charge in [-0.25, -0.2) is 4.68 Å². The number of nitrogens with zero attached hydrogens (tertiary/aromatic N) is 4. The Hall–Kier alpha value is -2.11. The molecule has 0 amide bonds. The number of benzene rings is 1. The van der Waals surface area contributed by atoms with Crippen molar-refractivity contribution in [2.75, 3.05) is 12.8 Å². The van der Waals surface area contributed by atoms with Crippen molar-refractivity contribution in [2.45, 2.75) is 33.2 Å². The molecule has 0 radical (unpaired) electrons. The summed E-state index contributed by atoms with van der Waals surface area (Å²) in [5.74, 6) is 1.74. The van der Waals surface area contributed by atoms with E-state index in [1.807, 2.05) is 16.8 Å². The smallest absolute Gasteiger partial charge is 0.186 e. The Labute approximate surface area is 118 Å². The van der Waals surface area contributed by atoms with Gasteiger partial charge >= 0.3 is 0 Å². The number of nitrogen functional groups attached to an aromatic ring is 1. The lowest BCUT2D eigenvalue weighted by Gasteiger charge is -2.20. The second-order valence-electron chi connectivity index (χ2n) is 5.09. The summed E-state index contributed by atoms with van der Waals surface area (Å²) in [6.45, 7) is 6.46. The Balaban J connectivity index is 2.55. The van der Waals surface area contributed by atoms with Crippen molar-refractivity contribution in [1.29, 1.82) is 0 Å². The zero-order chi connectivity index (χ0) is 14.7. The van der Waals surface area contributed by atoms with Crippen molar-refractivity contribution >= 4 is 5.69 Å². The first-order valence-electron chi connectivity index (χ1n) is 6.80. The zero-order valence-electron chi connectivity index (χ0n) is 12.4. The molecule has 20 heavy (non-hydrogen) atoms. The van der Waals surface area contributed by atoms with E-state index < -0.39 is 0 Å². The molecular formula is C14H21N5O. The van der Waals surface area contributed by atoms with Gasteiger partial charge in [0.25, 0.3) is 0 Å². The summed E-state index contributed by atoms with van der Waals surface area (Å²) < 4.78 is 7.26. The van der Waals surface area contributed by atoms with Gasteiger partial charge in [-0.2, -0.15) is 0 Å². The number of ether oxygens (including phenoxy) is 1.